The number of hydroxylamine groups is 1. The highest BCUT2D eigenvalue weighted by Crippen LogP contribution is 2.20. The Balaban J connectivity index is 2.99. The molecular weight excluding hydrogens is 178 g/mol. The lowest BCUT2D eigenvalue weighted by atomic mass is 10.1. The van der Waals surface area contributed by atoms with Crippen molar-refractivity contribution in [2.75, 3.05) is 12.5 Å². The fourth-order valence-corrected chi connectivity index (χ4v) is 1.30. The summed E-state index contributed by atoms with van der Waals surface area (Å²) in [7, 11) is 1.34. The Morgan fingerprint density at radius 1 is 1.50 bits per heavy atom. The molecule has 1 aromatic carbocycles. The molecule has 0 bridgehead atoms. The molecule has 1 rings (SSSR count). The van der Waals surface area contributed by atoms with E-state index in [0.717, 1.165) is 23.2 Å². The van der Waals surface area contributed by atoms with Crippen LogP contribution < -0.4 is 5.43 Å². The van der Waals surface area contributed by atoms with Gasteiger partial charge in [-0.2, -0.15) is 4.86 Å². The molecule has 0 heterocycles. The number of nitrogens with one attached hydrogen (secondary N) is 1. The van der Waals surface area contributed by atoms with E-state index in [1.807, 2.05) is 25.1 Å². The maximum Gasteiger partial charge on any atom is 0.152 e. The summed E-state index contributed by atoms with van der Waals surface area (Å²) in [4.78, 5) is 0.506. The second kappa shape index (κ2) is 4.60. The van der Waals surface area contributed by atoms with Crippen LogP contribution in [0.25, 0.3) is 0 Å². The van der Waals surface area contributed by atoms with Crippen molar-refractivity contribution in [2.24, 2.45) is 5.22 Å². The first-order chi connectivity index (χ1) is 6.65. The monoisotopic (exact) mass is 193 g/mol. The summed E-state index contributed by atoms with van der Waals surface area (Å²) < 4.78 is 0. The van der Waals surface area contributed by atoms with Crippen LogP contribution in [0.4, 0.5) is 5.69 Å². The first-order valence-corrected chi connectivity index (χ1v) is 4.61. The van der Waals surface area contributed by atoms with Crippen molar-refractivity contribution in [2.45, 2.75) is 20.3 Å². The van der Waals surface area contributed by atoms with E-state index in [9.17, 15) is 5.21 Å². The summed E-state index contributed by atoms with van der Waals surface area (Å²) in [6.45, 7) is 4.06. The smallest absolute Gasteiger partial charge is 0.152 e. The molecule has 4 heteroatoms. The van der Waals surface area contributed by atoms with E-state index in [0.29, 0.717) is 4.86 Å². The minimum Gasteiger partial charge on any atom is -0.696 e. The van der Waals surface area contributed by atoms with E-state index in [1.165, 1.54) is 7.05 Å². The molecule has 0 atom stereocenters. The summed E-state index contributed by atoms with van der Waals surface area (Å²) in [6.07, 6.45) is 0.919. The highest BCUT2D eigenvalue weighted by atomic mass is 16.5. The molecule has 1 aromatic rings. The second-order valence-corrected chi connectivity index (χ2v) is 3.14. The summed E-state index contributed by atoms with van der Waals surface area (Å²) in [5, 5.41) is 14.2. The number of aryl methyl sites for hydroxylation is 2. The van der Waals surface area contributed by atoms with Crippen molar-refractivity contribution in [3.05, 3.63) is 34.5 Å². The Morgan fingerprint density at radius 2 is 2.21 bits per heavy atom. The fraction of sp³-hybridized carbons (Fsp3) is 0.400. The van der Waals surface area contributed by atoms with E-state index >= 15 is 0 Å². The van der Waals surface area contributed by atoms with Gasteiger partial charge in [-0.15, -0.1) is 5.43 Å². The van der Waals surface area contributed by atoms with Crippen LogP contribution in [-0.4, -0.2) is 11.9 Å². The number of anilines is 1. The molecule has 0 spiro atoms. The van der Waals surface area contributed by atoms with Gasteiger partial charge in [-0.25, -0.2) is 0 Å². The third-order valence-corrected chi connectivity index (χ3v) is 2.04. The Kier molecular flexibility index (Phi) is 3.45. The van der Waals surface area contributed by atoms with Gasteiger partial charge in [0.2, 0.25) is 0 Å². The van der Waals surface area contributed by atoms with Gasteiger partial charge < -0.3 is 5.21 Å². The van der Waals surface area contributed by atoms with Crippen LogP contribution in [0.15, 0.2) is 23.4 Å². The van der Waals surface area contributed by atoms with Crippen LogP contribution in [0.2, 0.25) is 0 Å². The minimum atomic E-state index is 0.506. The number of para-hydroxylation sites is 1. The second-order valence-electron chi connectivity index (χ2n) is 3.14. The van der Waals surface area contributed by atoms with Crippen molar-refractivity contribution in [1.29, 1.82) is 0 Å². The Labute approximate surface area is 83.8 Å². The SMILES string of the molecule is CCc1cccc(C)c1N/N=[N+](/C)[O-]. The van der Waals surface area contributed by atoms with E-state index in [-0.39, 0.29) is 0 Å². The lowest BCUT2D eigenvalue weighted by Crippen LogP contribution is -2.01. The molecule has 0 fully saturated rings. The molecule has 14 heavy (non-hydrogen) atoms. The molecule has 0 radical (unpaired) electrons. The van der Waals surface area contributed by atoms with E-state index in [1.54, 1.807) is 0 Å². The average Bonchev–Trinajstić information content (AvgIpc) is 2.15. The first kappa shape index (κ1) is 10.5. The minimum absolute atomic E-state index is 0.506. The maximum absolute atomic E-state index is 10.6. The van der Waals surface area contributed by atoms with Gasteiger partial charge in [0.1, 0.15) is 7.05 Å². The quantitative estimate of drug-likeness (QED) is 0.455. The number of hydrogen-bond donors (Lipinski definition) is 1. The molecule has 0 aliphatic rings. The number of rotatable bonds is 3. The zero-order valence-corrected chi connectivity index (χ0v) is 8.74. The largest absolute Gasteiger partial charge is 0.696 e. The van der Waals surface area contributed by atoms with Crippen LogP contribution >= 0.6 is 0 Å². The fourth-order valence-electron chi connectivity index (χ4n) is 1.30. The first-order valence-electron chi connectivity index (χ1n) is 4.61. The van der Waals surface area contributed by atoms with Crippen molar-refractivity contribution in [3.63, 3.8) is 0 Å². The maximum atomic E-state index is 10.6. The third-order valence-electron chi connectivity index (χ3n) is 2.04. The van der Waals surface area contributed by atoms with Crippen LogP contribution in [-0.2, 0) is 6.42 Å². The Bertz CT molecular complexity index is 343. The normalized spacial score (nSPS) is 11.5. The lowest BCUT2D eigenvalue weighted by Gasteiger charge is -2.05. The van der Waals surface area contributed by atoms with Crippen LogP contribution in [0.5, 0.6) is 0 Å². The van der Waals surface area contributed by atoms with E-state index in [2.05, 4.69) is 17.6 Å². The third kappa shape index (κ3) is 2.45. The molecule has 4 nitrogen and oxygen atoms in total. The van der Waals surface area contributed by atoms with Crippen molar-refractivity contribution >= 4 is 5.69 Å². The number of benzene rings is 1. The van der Waals surface area contributed by atoms with Gasteiger partial charge in [0, 0.05) is 5.56 Å². The van der Waals surface area contributed by atoms with Gasteiger partial charge in [-0.3, -0.25) is 0 Å². The molecule has 1 N–H and O–H groups in total. The zero-order valence-electron chi connectivity index (χ0n) is 8.74. The van der Waals surface area contributed by atoms with E-state index in [4.69, 9.17) is 0 Å². The van der Waals surface area contributed by atoms with Gasteiger partial charge in [0.15, 0.2) is 5.69 Å². The van der Waals surface area contributed by atoms with Crippen molar-refractivity contribution in [3.8, 4) is 0 Å². The van der Waals surface area contributed by atoms with Crippen LogP contribution in [0.3, 0.4) is 0 Å². The number of nitrogens with zero attached hydrogens (tertiary/aromatic N) is 2. The van der Waals surface area contributed by atoms with Gasteiger partial charge in [0.25, 0.3) is 0 Å². The standard InChI is InChI=1S/C10H15N3O/c1-4-9-7-5-6-8(2)10(9)11-12-13(3)14/h5-7,11H,4H2,1-3H3/b13-12-. The molecule has 0 saturated carbocycles. The summed E-state index contributed by atoms with van der Waals surface area (Å²) in [5.74, 6) is 0. The molecule has 0 amide bonds. The summed E-state index contributed by atoms with van der Waals surface area (Å²) in [5.41, 5.74) is 5.95. The van der Waals surface area contributed by atoms with Gasteiger partial charge >= 0.3 is 0 Å². The molecule has 0 unspecified atom stereocenters. The molecular formula is C10H15N3O. The average molecular weight is 193 g/mol. The Hall–Kier alpha value is -1.58. The predicted octanol–water partition coefficient (Wildman–Crippen LogP) is 2.48. The molecule has 0 saturated heterocycles. The van der Waals surface area contributed by atoms with Crippen molar-refractivity contribution < 1.29 is 4.86 Å². The van der Waals surface area contributed by atoms with Gasteiger partial charge in [-0.1, -0.05) is 25.1 Å². The molecule has 0 aromatic heterocycles. The molecule has 0 aliphatic heterocycles. The highest BCUT2D eigenvalue weighted by molar-refractivity contribution is 5.56. The lowest BCUT2D eigenvalue weighted by molar-refractivity contribution is -0.497. The van der Waals surface area contributed by atoms with E-state index < -0.39 is 0 Å². The molecule has 0 aliphatic carbocycles. The Morgan fingerprint density at radius 3 is 2.79 bits per heavy atom. The van der Waals surface area contributed by atoms with Gasteiger partial charge in [0.05, 0.1) is 5.22 Å². The van der Waals surface area contributed by atoms with Gasteiger partial charge in [-0.05, 0) is 18.9 Å². The van der Waals surface area contributed by atoms with Crippen molar-refractivity contribution in [1.82, 2.24) is 0 Å². The van der Waals surface area contributed by atoms with Crippen LogP contribution in [0, 0.1) is 12.1 Å². The molecule has 76 valence electrons. The number of hydrogen-bond acceptors (Lipinski definition) is 2. The van der Waals surface area contributed by atoms with Crippen LogP contribution in [0.1, 0.15) is 18.1 Å². The predicted molar refractivity (Wildman–Crippen MR) is 56.2 cm³/mol. The zero-order chi connectivity index (χ0) is 10.6. The summed E-state index contributed by atoms with van der Waals surface area (Å²) in [6, 6.07) is 6.01. The topological polar surface area (TPSA) is 50.5 Å². The highest BCUT2D eigenvalue weighted by Gasteiger charge is 2.06. The summed E-state index contributed by atoms with van der Waals surface area (Å²) >= 11 is 0.